The summed E-state index contributed by atoms with van der Waals surface area (Å²) in [7, 11) is 4.14. The summed E-state index contributed by atoms with van der Waals surface area (Å²) in [5.41, 5.74) is 4.49. The summed E-state index contributed by atoms with van der Waals surface area (Å²) in [6.45, 7) is 7.11. The number of fused-ring (bicyclic) bond motifs is 2. The zero-order valence-corrected chi connectivity index (χ0v) is 16.4. The smallest absolute Gasteiger partial charge is 0.119 e. The van der Waals surface area contributed by atoms with Crippen molar-refractivity contribution in [3.63, 3.8) is 0 Å². The number of benzene rings is 1. The molecule has 4 heteroatoms. The number of pyridine rings is 1. The first-order valence-electron chi connectivity index (χ1n) is 9.62. The Labute approximate surface area is 161 Å². The molecule has 2 heterocycles. The molecule has 0 bridgehead atoms. The number of allylic oxidation sites excluding steroid dienone is 4. The van der Waals surface area contributed by atoms with Gasteiger partial charge in [0.15, 0.2) is 0 Å². The van der Waals surface area contributed by atoms with Crippen molar-refractivity contribution in [3.05, 3.63) is 66.7 Å². The largest absolute Gasteiger partial charge is 0.496 e. The highest BCUT2D eigenvalue weighted by molar-refractivity contribution is 5.94. The molecule has 4 rings (SSSR count). The minimum absolute atomic E-state index is 0.198. The molecule has 1 saturated heterocycles. The number of rotatable bonds is 4. The number of hydrogen-bond acceptors (Lipinski definition) is 4. The van der Waals surface area contributed by atoms with E-state index in [4.69, 9.17) is 4.74 Å². The number of nitrogens with zero attached hydrogens (tertiary/aromatic N) is 3. The Morgan fingerprint density at radius 1 is 1.30 bits per heavy atom. The highest BCUT2D eigenvalue weighted by Crippen LogP contribution is 2.43. The van der Waals surface area contributed by atoms with E-state index >= 15 is 0 Å². The van der Waals surface area contributed by atoms with E-state index < -0.39 is 0 Å². The third kappa shape index (κ3) is 3.09. The topological polar surface area (TPSA) is 28.6 Å². The van der Waals surface area contributed by atoms with E-state index in [0.29, 0.717) is 12.5 Å². The Morgan fingerprint density at radius 3 is 2.93 bits per heavy atom. The van der Waals surface area contributed by atoms with E-state index in [9.17, 15) is 0 Å². The van der Waals surface area contributed by atoms with Gasteiger partial charge in [-0.2, -0.15) is 0 Å². The molecule has 0 radical (unpaired) electrons. The van der Waals surface area contributed by atoms with Crippen molar-refractivity contribution in [1.82, 2.24) is 4.98 Å². The number of hydrogen-bond donors (Lipinski definition) is 0. The van der Waals surface area contributed by atoms with Gasteiger partial charge in [0.1, 0.15) is 5.76 Å². The lowest BCUT2D eigenvalue weighted by atomic mass is 9.95. The molecule has 27 heavy (non-hydrogen) atoms. The number of aromatic nitrogens is 1. The standard InChI is InChI=1S/C23H27N3O/c1-5-27-22-9-7-6-8-17-14-16(2)26(23(17)22)18-10-11-20-19(15-18)21(25(3)4)12-13-24-20/h6-7,9-13,15,17,23H,2,5,8,14H2,1,3-4H3. The fourth-order valence-electron chi connectivity index (χ4n) is 4.31. The van der Waals surface area contributed by atoms with Crippen LogP contribution in [-0.2, 0) is 4.74 Å². The second-order valence-electron chi connectivity index (χ2n) is 7.44. The fourth-order valence-corrected chi connectivity index (χ4v) is 4.31. The molecule has 1 aromatic heterocycles. The number of ether oxygens (including phenoxy) is 1. The summed E-state index contributed by atoms with van der Waals surface area (Å²) in [6, 6.07) is 8.77. The van der Waals surface area contributed by atoms with Gasteiger partial charge in [0.05, 0.1) is 18.2 Å². The molecule has 0 N–H and O–H groups in total. The van der Waals surface area contributed by atoms with Gasteiger partial charge in [-0.25, -0.2) is 0 Å². The van der Waals surface area contributed by atoms with Crippen LogP contribution in [0.4, 0.5) is 11.4 Å². The van der Waals surface area contributed by atoms with Crippen LogP contribution in [0, 0.1) is 5.92 Å². The second-order valence-corrected chi connectivity index (χ2v) is 7.44. The normalized spacial score (nSPS) is 21.8. The SMILES string of the molecule is C=C1CC2CC=CC=C(OCC)C2N1c1ccc2nccc(N(C)C)c2c1. The number of anilines is 2. The second kappa shape index (κ2) is 7.10. The molecule has 1 aliphatic carbocycles. The van der Waals surface area contributed by atoms with Gasteiger partial charge in [-0.05, 0) is 56.0 Å². The lowest BCUT2D eigenvalue weighted by Crippen LogP contribution is -2.34. The van der Waals surface area contributed by atoms with E-state index in [-0.39, 0.29) is 6.04 Å². The van der Waals surface area contributed by atoms with Crippen molar-refractivity contribution in [1.29, 1.82) is 0 Å². The zero-order chi connectivity index (χ0) is 19.0. The van der Waals surface area contributed by atoms with E-state index in [1.54, 1.807) is 0 Å². The Balaban J connectivity index is 1.81. The van der Waals surface area contributed by atoms with Gasteiger partial charge in [-0.3, -0.25) is 4.98 Å². The van der Waals surface area contributed by atoms with Gasteiger partial charge in [-0.15, -0.1) is 0 Å². The lowest BCUT2D eigenvalue weighted by Gasteiger charge is -2.31. The van der Waals surface area contributed by atoms with Gasteiger partial charge < -0.3 is 14.5 Å². The molecule has 0 saturated carbocycles. The predicted octanol–water partition coefficient (Wildman–Crippen LogP) is 4.89. The highest BCUT2D eigenvalue weighted by Gasteiger charge is 2.40. The monoisotopic (exact) mass is 361 g/mol. The Hall–Kier alpha value is -2.75. The van der Waals surface area contributed by atoms with Crippen LogP contribution in [0.15, 0.2) is 66.7 Å². The van der Waals surface area contributed by atoms with Crippen molar-refractivity contribution in [3.8, 4) is 0 Å². The van der Waals surface area contributed by atoms with E-state index in [2.05, 4.69) is 78.0 Å². The van der Waals surface area contributed by atoms with Crippen LogP contribution < -0.4 is 9.80 Å². The van der Waals surface area contributed by atoms with Crippen LogP contribution in [0.2, 0.25) is 0 Å². The van der Waals surface area contributed by atoms with Crippen molar-refractivity contribution in [2.75, 3.05) is 30.5 Å². The quantitative estimate of drug-likeness (QED) is 0.775. The summed E-state index contributed by atoms with van der Waals surface area (Å²) in [6.07, 6.45) is 10.4. The Morgan fingerprint density at radius 2 is 2.15 bits per heavy atom. The van der Waals surface area contributed by atoms with Crippen LogP contribution in [-0.4, -0.2) is 31.7 Å². The average Bonchev–Trinajstić information content (AvgIpc) is 2.87. The van der Waals surface area contributed by atoms with Crippen LogP contribution in [0.5, 0.6) is 0 Å². The molecular formula is C23H27N3O. The fraction of sp³-hybridized carbons (Fsp3) is 0.348. The third-order valence-electron chi connectivity index (χ3n) is 5.46. The predicted molar refractivity (Wildman–Crippen MR) is 113 cm³/mol. The third-order valence-corrected chi connectivity index (χ3v) is 5.46. The maximum absolute atomic E-state index is 6.03. The van der Waals surface area contributed by atoms with E-state index in [1.165, 1.54) is 5.69 Å². The van der Waals surface area contributed by atoms with Gasteiger partial charge in [0.2, 0.25) is 0 Å². The van der Waals surface area contributed by atoms with Crippen LogP contribution in [0.3, 0.4) is 0 Å². The van der Waals surface area contributed by atoms with Crippen LogP contribution in [0.1, 0.15) is 19.8 Å². The first kappa shape index (κ1) is 17.7. The molecule has 0 spiro atoms. The molecule has 2 atom stereocenters. The summed E-state index contributed by atoms with van der Waals surface area (Å²) in [4.78, 5) is 9.04. The maximum atomic E-state index is 6.03. The molecule has 140 valence electrons. The molecule has 1 fully saturated rings. The van der Waals surface area contributed by atoms with Gasteiger partial charge in [0, 0.05) is 42.8 Å². The summed E-state index contributed by atoms with van der Waals surface area (Å²) >= 11 is 0. The zero-order valence-electron chi connectivity index (χ0n) is 16.4. The minimum atomic E-state index is 0.198. The summed E-state index contributed by atoms with van der Waals surface area (Å²) < 4.78 is 6.03. The average molecular weight is 361 g/mol. The Kier molecular flexibility index (Phi) is 4.65. The highest BCUT2D eigenvalue weighted by atomic mass is 16.5. The van der Waals surface area contributed by atoms with Crippen molar-refractivity contribution in [2.24, 2.45) is 5.92 Å². The summed E-state index contributed by atoms with van der Waals surface area (Å²) in [5.74, 6) is 1.53. The van der Waals surface area contributed by atoms with Gasteiger partial charge in [0.25, 0.3) is 0 Å². The van der Waals surface area contributed by atoms with Crippen LogP contribution in [0.25, 0.3) is 10.9 Å². The lowest BCUT2D eigenvalue weighted by molar-refractivity contribution is 0.199. The van der Waals surface area contributed by atoms with Gasteiger partial charge in [-0.1, -0.05) is 18.7 Å². The van der Waals surface area contributed by atoms with E-state index in [1.807, 2.05) is 13.1 Å². The molecule has 0 amide bonds. The van der Waals surface area contributed by atoms with E-state index in [0.717, 1.165) is 40.9 Å². The van der Waals surface area contributed by atoms with Crippen molar-refractivity contribution in [2.45, 2.75) is 25.8 Å². The molecule has 1 aliphatic heterocycles. The maximum Gasteiger partial charge on any atom is 0.119 e. The minimum Gasteiger partial charge on any atom is -0.496 e. The van der Waals surface area contributed by atoms with Gasteiger partial charge >= 0.3 is 0 Å². The van der Waals surface area contributed by atoms with Crippen molar-refractivity contribution < 1.29 is 4.74 Å². The van der Waals surface area contributed by atoms with Crippen LogP contribution >= 0.6 is 0 Å². The summed E-state index contributed by atoms with van der Waals surface area (Å²) in [5, 5.41) is 1.16. The Bertz CT molecular complexity index is 928. The van der Waals surface area contributed by atoms with Crippen molar-refractivity contribution >= 4 is 22.3 Å². The first-order valence-corrected chi connectivity index (χ1v) is 9.62. The molecule has 2 aliphatic rings. The first-order chi connectivity index (χ1) is 13.1. The molecular weight excluding hydrogens is 334 g/mol. The molecule has 2 unspecified atom stereocenters. The molecule has 4 nitrogen and oxygen atoms in total. The molecule has 2 aromatic rings. The molecule has 1 aromatic carbocycles.